The minimum absolute atomic E-state index is 0.0122. The Bertz CT molecular complexity index is 1690. The molecule has 1 saturated heterocycles. The number of carbonyl (C=O) groups excluding carboxylic acids is 2. The van der Waals surface area contributed by atoms with Crippen LogP contribution < -0.4 is 11.1 Å². The second kappa shape index (κ2) is 19.9. The van der Waals surface area contributed by atoms with Crippen LogP contribution >= 0.6 is 11.6 Å². The number of aromatic amines is 1. The number of amides is 2. The van der Waals surface area contributed by atoms with Crippen LogP contribution in [0.2, 0.25) is 5.02 Å². The molecule has 51 heavy (non-hydrogen) atoms. The van der Waals surface area contributed by atoms with E-state index in [1.54, 1.807) is 60.6 Å². The number of benzene rings is 2. The van der Waals surface area contributed by atoms with Crippen LogP contribution in [0.25, 0.3) is 17.0 Å². The number of aliphatic imine (C=N–C) groups is 2. The van der Waals surface area contributed by atoms with Crippen molar-refractivity contribution in [2.75, 3.05) is 47.7 Å². The summed E-state index contributed by atoms with van der Waals surface area (Å²) in [5.41, 5.74) is 9.56. The molecule has 1 atom stereocenters. The number of carbonyl (C=O) groups is 2. The summed E-state index contributed by atoms with van der Waals surface area (Å²) in [6.07, 6.45) is 5.26. The van der Waals surface area contributed by atoms with Crippen molar-refractivity contribution in [2.24, 2.45) is 26.5 Å². The lowest BCUT2D eigenvalue weighted by molar-refractivity contribution is -0.125. The van der Waals surface area contributed by atoms with Gasteiger partial charge < -0.3 is 20.7 Å². The van der Waals surface area contributed by atoms with E-state index in [1.165, 1.54) is 31.6 Å². The van der Waals surface area contributed by atoms with E-state index < -0.39 is 12.8 Å². The van der Waals surface area contributed by atoms with Gasteiger partial charge in [-0.05, 0) is 47.7 Å². The molecule has 0 spiro atoms. The molecule has 1 aliphatic rings. The van der Waals surface area contributed by atoms with Crippen molar-refractivity contribution < 1.29 is 18.7 Å². The number of guanidine groups is 1. The molecule has 2 heterocycles. The van der Waals surface area contributed by atoms with E-state index in [2.05, 4.69) is 64.2 Å². The maximum absolute atomic E-state index is 13.7. The molecule has 274 valence electrons. The molecular formula is C36H48ClFN10O3. The van der Waals surface area contributed by atoms with Gasteiger partial charge in [0.15, 0.2) is 18.6 Å². The Labute approximate surface area is 304 Å². The number of ether oxygens (including phenoxy) is 1. The highest BCUT2D eigenvalue weighted by Crippen LogP contribution is 2.32. The van der Waals surface area contributed by atoms with Crippen molar-refractivity contribution in [3.63, 3.8) is 0 Å². The molecule has 1 unspecified atom stereocenters. The number of aromatic nitrogens is 3. The number of nitrogens with one attached hydrogen (secondary N) is 2. The quantitative estimate of drug-likeness (QED) is 0.101. The Kier molecular flexibility index (Phi) is 16.4. The van der Waals surface area contributed by atoms with Crippen LogP contribution in [-0.2, 0) is 9.53 Å². The molecule has 1 fully saturated rings. The van der Waals surface area contributed by atoms with Gasteiger partial charge in [0.05, 0.1) is 29.2 Å². The van der Waals surface area contributed by atoms with Gasteiger partial charge in [-0.15, -0.1) is 0 Å². The van der Waals surface area contributed by atoms with E-state index in [0.29, 0.717) is 51.6 Å². The third-order valence-electron chi connectivity index (χ3n) is 6.97. The van der Waals surface area contributed by atoms with E-state index in [1.807, 2.05) is 6.92 Å². The zero-order chi connectivity index (χ0) is 38.2. The molecule has 2 amide bonds. The first-order chi connectivity index (χ1) is 24.1. The van der Waals surface area contributed by atoms with Crippen LogP contribution in [-0.4, -0.2) is 97.2 Å². The van der Waals surface area contributed by atoms with E-state index in [9.17, 15) is 14.0 Å². The lowest BCUT2D eigenvalue weighted by Crippen LogP contribution is -2.52. The number of nitrogens with two attached hydrogens (primary N) is 1. The predicted octanol–water partition coefficient (Wildman–Crippen LogP) is 5.50. The standard InChI is InChI=1S/C25H28ClFN8O2.C6H8N2O.C5H12/c1-29-11-19(12-31-14-27)16-4-6-17(7-5-16)24(36)35(25(28)30-2)22(13-37-3)18-8-9-21(26)20(10-18)23-32-15-33-34-23;1-6(2-7)3-8(4-6)5-9;1-5(2,3)4/h4-12,15,22,31H,13-14H2,1-3H3,(H2,28,30)(H,32,33,34);5H,3-4H2,1H3;1-4H3/b19-12+,29-11?;;. The van der Waals surface area contributed by atoms with E-state index in [4.69, 9.17) is 27.3 Å². The number of rotatable bonds is 11. The van der Waals surface area contributed by atoms with Crippen molar-refractivity contribution in [1.29, 1.82) is 5.26 Å². The van der Waals surface area contributed by atoms with Crippen LogP contribution in [0.3, 0.4) is 0 Å². The Balaban J connectivity index is 0.000000535. The SMILES string of the molecule is CC(C)(C)C.CC1(C#N)CN(C=O)C1.CN=C/C(=C\NCF)c1ccc(C(=O)N(C(N)=NC)C(COC)c2ccc(Cl)c(-c3ncn[nH]3)c2)cc1. The highest BCUT2D eigenvalue weighted by atomic mass is 35.5. The van der Waals surface area contributed by atoms with Gasteiger partial charge in [-0.3, -0.25) is 29.6 Å². The summed E-state index contributed by atoms with van der Waals surface area (Å²) in [7, 11) is 4.65. The number of hydrogen-bond acceptors (Lipinski definition) is 9. The lowest BCUT2D eigenvalue weighted by Gasteiger charge is -2.40. The smallest absolute Gasteiger partial charge is 0.261 e. The van der Waals surface area contributed by atoms with Crippen LogP contribution in [0.1, 0.15) is 62.1 Å². The second-order valence-corrected chi connectivity index (χ2v) is 13.8. The van der Waals surface area contributed by atoms with Crippen molar-refractivity contribution in [3.05, 3.63) is 76.7 Å². The molecule has 1 aromatic heterocycles. The topological polar surface area (TPSA) is 178 Å². The number of alkyl halides is 1. The van der Waals surface area contributed by atoms with Crippen LogP contribution in [0, 0.1) is 22.2 Å². The third kappa shape index (κ3) is 12.9. The fraction of sp³-hybridized carbons (Fsp3) is 0.417. The molecular weight excluding hydrogens is 675 g/mol. The molecule has 0 saturated carbocycles. The summed E-state index contributed by atoms with van der Waals surface area (Å²) in [6, 6.07) is 13.6. The van der Waals surface area contributed by atoms with Crippen molar-refractivity contribution in [3.8, 4) is 17.5 Å². The summed E-state index contributed by atoms with van der Waals surface area (Å²) in [5.74, 6) is 0.109. The monoisotopic (exact) mass is 722 g/mol. The fourth-order valence-corrected chi connectivity index (χ4v) is 4.89. The first-order valence-electron chi connectivity index (χ1n) is 16.0. The van der Waals surface area contributed by atoms with Crippen molar-refractivity contribution >= 4 is 41.7 Å². The number of halogens is 2. The van der Waals surface area contributed by atoms with Gasteiger partial charge in [0.25, 0.3) is 5.91 Å². The number of hydrogen-bond donors (Lipinski definition) is 3. The number of nitrogens with zero attached hydrogens (tertiary/aromatic N) is 7. The van der Waals surface area contributed by atoms with Gasteiger partial charge in [-0.2, -0.15) is 10.4 Å². The predicted molar refractivity (Wildman–Crippen MR) is 200 cm³/mol. The molecule has 4 N–H and O–H groups in total. The zero-order valence-corrected chi connectivity index (χ0v) is 31.2. The molecule has 0 aliphatic carbocycles. The maximum atomic E-state index is 13.7. The van der Waals surface area contributed by atoms with Gasteiger partial charge in [-0.25, -0.2) is 9.37 Å². The molecule has 2 aromatic carbocycles. The Hall–Kier alpha value is -5.13. The summed E-state index contributed by atoms with van der Waals surface area (Å²) in [5, 5.41) is 18.1. The number of methoxy groups -OCH3 is 1. The number of likely N-dealkylation sites (tertiary alicyclic amines) is 1. The average Bonchev–Trinajstić information content (AvgIpc) is 3.63. The average molecular weight is 723 g/mol. The molecule has 0 radical (unpaired) electrons. The van der Waals surface area contributed by atoms with Crippen LogP contribution in [0.5, 0.6) is 0 Å². The lowest BCUT2D eigenvalue weighted by atomic mass is 9.84. The van der Waals surface area contributed by atoms with Gasteiger partial charge in [0.1, 0.15) is 6.33 Å². The maximum Gasteiger partial charge on any atom is 0.261 e. The Morgan fingerprint density at radius 3 is 2.35 bits per heavy atom. The van der Waals surface area contributed by atoms with Crippen molar-refractivity contribution in [1.82, 2.24) is 30.3 Å². The molecule has 3 aromatic rings. The van der Waals surface area contributed by atoms with Crippen LogP contribution in [0.4, 0.5) is 4.39 Å². The normalized spacial score (nSPS) is 14.6. The summed E-state index contributed by atoms with van der Waals surface area (Å²) < 4.78 is 18.0. The van der Waals surface area contributed by atoms with E-state index >= 15 is 0 Å². The van der Waals surface area contributed by atoms with Gasteiger partial charge >= 0.3 is 0 Å². The minimum atomic E-state index is -0.716. The molecule has 15 heteroatoms. The fourth-order valence-electron chi connectivity index (χ4n) is 4.68. The Morgan fingerprint density at radius 2 is 1.86 bits per heavy atom. The molecule has 1 aliphatic heterocycles. The number of H-pyrrole nitrogens is 1. The second-order valence-electron chi connectivity index (χ2n) is 13.4. The van der Waals surface area contributed by atoms with Gasteiger partial charge in [-0.1, -0.05) is 57.5 Å². The highest BCUT2D eigenvalue weighted by Gasteiger charge is 2.38. The molecule has 0 bridgehead atoms. The van der Waals surface area contributed by atoms with Gasteiger partial charge in [0, 0.05) is 63.4 Å². The largest absolute Gasteiger partial charge is 0.382 e. The highest BCUT2D eigenvalue weighted by molar-refractivity contribution is 6.33. The summed E-state index contributed by atoms with van der Waals surface area (Å²) in [6.45, 7) is 11.2. The minimum Gasteiger partial charge on any atom is -0.382 e. The van der Waals surface area contributed by atoms with Crippen LogP contribution in [0.15, 0.2) is 65.0 Å². The number of allylic oxidation sites excluding steroid dienone is 1. The van der Waals surface area contributed by atoms with Crippen molar-refractivity contribution in [2.45, 2.75) is 40.7 Å². The third-order valence-corrected chi connectivity index (χ3v) is 7.30. The first-order valence-corrected chi connectivity index (χ1v) is 16.4. The first kappa shape index (κ1) is 42.0. The zero-order valence-electron chi connectivity index (χ0n) is 30.4. The summed E-state index contributed by atoms with van der Waals surface area (Å²) in [4.78, 5) is 39.0. The summed E-state index contributed by atoms with van der Waals surface area (Å²) >= 11 is 6.40. The molecule has 13 nitrogen and oxygen atoms in total. The molecule has 4 rings (SSSR count). The number of nitriles is 1. The van der Waals surface area contributed by atoms with Gasteiger partial charge in [0.2, 0.25) is 6.41 Å². The van der Waals surface area contributed by atoms with E-state index in [0.717, 1.165) is 12.0 Å². The van der Waals surface area contributed by atoms with E-state index in [-0.39, 0.29) is 23.9 Å². The Morgan fingerprint density at radius 1 is 1.24 bits per heavy atom.